The highest BCUT2D eigenvalue weighted by molar-refractivity contribution is 8.01. The maximum atomic E-state index is 13.0. The van der Waals surface area contributed by atoms with E-state index in [4.69, 9.17) is 16.3 Å². The minimum atomic E-state index is -0.786. The van der Waals surface area contributed by atoms with Gasteiger partial charge in [0.1, 0.15) is 5.75 Å². The molecule has 46 heavy (non-hydrogen) atoms. The summed E-state index contributed by atoms with van der Waals surface area (Å²) in [5.41, 5.74) is 3.35. The lowest BCUT2D eigenvalue weighted by molar-refractivity contribution is -0.126. The third kappa shape index (κ3) is 10.4. The zero-order valence-electron chi connectivity index (χ0n) is 28.5. The second-order valence-electron chi connectivity index (χ2n) is 13.5. The molecule has 0 aliphatic rings. The number of carbonyl (C=O) groups excluding carboxylic acids is 3. The van der Waals surface area contributed by atoms with Crippen molar-refractivity contribution in [1.29, 1.82) is 0 Å². The van der Waals surface area contributed by atoms with Gasteiger partial charge in [-0.05, 0) is 85.9 Å². The van der Waals surface area contributed by atoms with Gasteiger partial charge in [0.15, 0.2) is 5.78 Å². The molecule has 0 radical (unpaired) electrons. The molecule has 0 atom stereocenters. The van der Waals surface area contributed by atoms with Gasteiger partial charge in [0.2, 0.25) is 11.8 Å². The second kappa shape index (κ2) is 16.0. The molecule has 0 aromatic heterocycles. The van der Waals surface area contributed by atoms with Crippen LogP contribution in [0.5, 0.6) is 5.75 Å². The van der Waals surface area contributed by atoms with Gasteiger partial charge >= 0.3 is 0 Å². The molecule has 0 fully saturated rings. The van der Waals surface area contributed by atoms with Gasteiger partial charge in [-0.15, -0.1) is 11.8 Å². The molecule has 0 heterocycles. The highest BCUT2D eigenvalue weighted by Gasteiger charge is 2.31. The Morgan fingerprint density at radius 2 is 1.48 bits per heavy atom. The molecule has 0 saturated heterocycles. The number of anilines is 2. The first-order valence-corrected chi connectivity index (χ1v) is 17.2. The summed E-state index contributed by atoms with van der Waals surface area (Å²) in [6, 6.07) is 21.0. The molecule has 2 amide bonds. The van der Waals surface area contributed by atoms with E-state index in [1.807, 2.05) is 44.2 Å². The van der Waals surface area contributed by atoms with E-state index in [0.29, 0.717) is 29.4 Å². The van der Waals surface area contributed by atoms with E-state index in [-0.39, 0.29) is 35.4 Å². The van der Waals surface area contributed by atoms with E-state index >= 15 is 0 Å². The summed E-state index contributed by atoms with van der Waals surface area (Å²) in [7, 11) is 0. The number of ketones is 1. The van der Waals surface area contributed by atoms with E-state index in [1.54, 1.807) is 18.2 Å². The maximum Gasteiger partial charge on any atom is 0.231 e. The van der Waals surface area contributed by atoms with Crippen LogP contribution in [-0.4, -0.2) is 29.0 Å². The lowest BCUT2D eigenvalue weighted by atomic mass is 9.76. The molecule has 0 aliphatic carbocycles. The Kier molecular flexibility index (Phi) is 12.9. The van der Waals surface area contributed by atoms with Crippen LogP contribution in [0.25, 0.3) is 0 Å². The summed E-state index contributed by atoms with van der Waals surface area (Å²) in [5, 5.41) is 5.91. The molecule has 8 heteroatoms. The smallest absolute Gasteiger partial charge is 0.231 e. The summed E-state index contributed by atoms with van der Waals surface area (Å²) >= 11 is 7.75. The molecule has 2 N–H and O–H groups in total. The molecular weight excluding hydrogens is 616 g/mol. The number of halogens is 1. The molecule has 0 aliphatic heterocycles. The van der Waals surface area contributed by atoms with Crippen molar-refractivity contribution >= 4 is 52.3 Å². The average Bonchev–Trinajstić information content (AvgIpc) is 3.01. The summed E-state index contributed by atoms with van der Waals surface area (Å²) in [6.45, 7) is 17.4. The topological polar surface area (TPSA) is 84.5 Å². The van der Waals surface area contributed by atoms with Crippen molar-refractivity contribution in [3.63, 3.8) is 0 Å². The standard InChI is InChI=1S/C38H49ClN2O4S/c1-9-36(3,4)26-18-21-32(29(23-26)37(5,6)10-2)45-22-14-17-34(43)40-27-19-20-30(39)31(24-27)41-35(44)25-33(42)38(7,8)46-28-15-12-11-13-16-28/h11-13,15-16,18-21,23-24H,9-10,14,17,22,25H2,1-8H3,(H,40,43)(H,41,44). The van der Waals surface area contributed by atoms with Crippen LogP contribution < -0.4 is 15.4 Å². The molecule has 0 bridgehead atoms. The number of carbonyl (C=O) groups is 3. The van der Waals surface area contributed by atoms with E-state index in [2.05, 4.69) is 70.4 Å². The molecular formula is C38H49ClN2O4S. The van der Waals surface area contributed by atoms with Crippen LogP contribution in [0.3, 0.4) is 0 Å². The fraction of sp³-hybridized carbons (Fsp3) is 0.447. The number of amides is 2. The van der Waals surface area contributed by atoms with Gasteiger partial charge in [0.25, 0.3) is 0 Å². The van der Waals surface area contributed by atoms with Crippen molar-refractivity contribution in [2.45, 2.75) is 108 Å². The summed E-state index contributed by atoms with van der Waals surface area (Å²) in [4.78, 5) is 39.5. The van der Waals surface area contributed by atoms with Gasteiger partial charge in [-0.1, -0.05) is 83.5 Å². The molecule has 3 rings (SSSR count). The summed E-state index contributed by atoms with van der Waals surface area (Å²) in [5.74, 6) is 0.0210. The SMILES string of the molecule is CCC(C)(C)c1ccc(OCCCC(=O)Nc2ccc(Cl)c(NC(=O)CC(=O)C(C)(C)Sc3ccccc3)c2)c(C(C)(C)CC)c1. The number of nitrogens with one attached hydrogen (secondary N) is 2. The van der Waals surface area contributed by atoms with Gasteiger partial charge in [0.05, 0.1) is 28.5 Å². The number of hydrogen-bond donors (Lipinski definition) is 2. The van der Waals surface area contributed by atoms with Gasteiger partial charge in [-0.2, -0.15) is 0 Å². The minimum Gasteiger partial charge on any atom is -0.493 e. The van der Waals surface area contributed by atoms with Crippen LogP contribution in [0, 0.1) is 0 Å². The third-order valence-electron chi connectivity index (χ3n) is 8.70. The Morgan fingerprint density at radius 1 is 0.804 bits per heavy atom. The third-order valence-corrected chi connectivity index (χ3v) is 10.3. The lowest BCUT2D eigenvalue weighted by Gasteiger charge is -2.30. The maximum absolute atomic E-state index is 13.0. The van der Waals surface area contributed by atoms with E-state index in [9.17, 15) is 14.4 Å². The fourth-order valence-electron chi connectivity index (χ4n) is 4.73. The van der Waals surface area contributed by atoms with Crippen LogP contribution in [-0.2, 0) is 25.2 Å². The second-order valence-corrected chi connectivity index (χ2v) is 15.6. The molecule has 0 spiro atoms. The van der Waals surface area contributed by atoms with Crippen molar-refractivity contribution in [1.82, 2.24) is 0 Å². The van der Waals surface area contributed by atoms with Crippen molar-refractivity contribution in [3.05, 3.63) is 82.9 Å². The molecule has 0 saturated carbocycles. The first-order valence-electron chi connectivity index (χ1n) is 16.0. The lowest BCUT2D eigenvalue weighted by Crippen LogP contribution is -2.31. The molecule has 248 valence electrons. The van der Waals surface area contributed by atoms with Crippen molar-refractivity contribution in [3.8, 4) is 5.75 Å². The normalized spacial score (nSPS) is 12.0. The zero-order chi connectivity index (χ0) is 34.1. The number of benzene rings is 3. The predicted octanol–water partition coefficient (Wildman–Crippen LogP) is 9.98. The number of Topliss-reactive ketones (excluding diaryl/α,β-unsaturated/α-hetero) is 1. The van der Waals surface area contributed by atoms with Gasteiger partial charge in [-0.3, -0.25) is 14.4 Å². The van der Waals surface area contributed by atoms with Crippen molar-refractivity contribution in [2.75, 3.05) is 17.2 Å². The van der Waals surface area contributed by atoms with E-state index < -0.39 is 10.7 Å². The Morgan fingerprint density at radius 3 is 2.13 bits per heavy atom. The molecule has 3 aromatic rings. The summed E-state index contributed by atoms with van der Waals surface area (Å²) in [6.07, 6.45) is 2.53. The number of ether oxygens (including phenoxy) is 1. The first kappa shape index (κ1) is 37.2. The molecule has 6 nitrogen and oxygen atoms in total. The summed E-state index contributed by atoms with van der Waals surface area (Å²) < 4.78 is 5.43. The fourth-order valence-corrected chi connectivity index (χ4v) is 5.96. The van der Waals surface area contributed by atoms with Crippen molar-refractivity contribution in [2.24, 2.45) is 0 Å². The van der Waals surface area contributed by atoms with Gasteiger partial charge in [-0.25, -0.2) is 0 Å². The Balaban J connectivity index is 1.55. The number of hydrogen-bond acceptors (Lipinski definition) is 5. The molecule has 3 aromatic carbocycles. The van der Waals surface area contributed by atoms with Crippen LogP contribution in [0.4, 0.5) is 11.4 Å². The highest BCUT2D eigenvalue weighted by atomic mass is 35.5. The van der Waals surface area contributed by atoms with Crippen LogP contribution >= 0.6 is 23.4 Å². The average molecular weight is 665 g/mol. The van der Waals surface area contributed by atoms with E-state index in [0.717, 1.165) is 23.5 Å². The quantitative estimate of drug-likeness (QED) is 0.0904. The molecule has 0 unspecified atom stereocenters. The van der Waals surface area contributed by atoms with Gasteiger partial charge in [0, 0.05) is 22.6 Å². The van der Waals surface area contributed by atoms with Gasteiger partial charge < -0.3 is 15.4 Å². The Hall–Kier alpha value is -3.29. The Bertz CT molecular complexity index is 1520. The predicted molar refractivity (Wildman–Crippen MR) is 193 cm³/mol. The van der Waals surface area contributed by atoms with Crippen molar-refractivity contribution < 1.29 is 19.1 Å². The monoisotopic (exact) mass is 664 g/mol. The number of rotatable bonds is 16. The first-order chi connectivity index (χ1) is 21.6. The van der Waals surface area contributed by atoms with E-state index in [1.165, 1.54) is 22.9 Å². The van der Waals surface area contributed by atoms with Crippen LogP contribution in [0.1, 0.15) is 98.6 Å². The number of thioether (sulfide) groups is 1. The van der Waals surface area contributed by atoms with Crippen LogP contribution in [0.2, 0.25) is 5.02 Å². The Labute approximate surface area is 284 Å². The largest absolute Gasteiger partial charge is 0.493 e. The minimum absolute atomic E-state index is 0.0428. The van der Waals surface area contributed by atoms with Crippen LogP contribution in [0.15, 0.2) is 71.6 Å². The zero-order valence-corrected chi connectivity index (χ0v) is 30.1. The highest BCUT2D eigenvalue weighted by Crippen LogP contribution is 2.39.